The molecule has 1 fully saturated rings. The Morgan fingerprint density at radius 1 is 1.11 bits per heavy atom. The molecular formula is C13H10N2O2S2. The fourth-order valence-corrected chi connectivity index (χ4v) is 3.06. The van der Waals surface area contributed by atoms with Crippen LogP contribution >= 0.6 is 24.4 Å². The molecule has 19 heavy (non-hydrogen) atoms. The summed E-state index contributed by atoms with van der Waals surface area (Å²) in [6.45, 7) is 0. The molecule has 1 N–H and O–H groups in total. The molecule has 1 saturated heterocycles. The van der Waals surface area contributed by atoms with E-state index in [0.29, 0.717) is 33.9 Å². The molecule has 0 aromatic heterocycles. The lowest BCUT2D eigenvalue weighted by Crippen LogP contribution is -2.53. The van der Waals surface area contributed by atoms with Crippen LogP contribution in [0.5, 0.6) is 0 Å². The van der Waals surface area contributed by atoms with Crippen LogP contribution in [0.4, 0.5) is 0 Å². The standard InChI is InChI=1S/C13H10N2O2S2/c16-12-7-3-1-2-4-8(7)13(17)15(12)9-5-6-10(18)14-11(9)19/h1-4,9H,5-6H2,(H,14,18,19). The Morgan fingerprint density at radius 2 is 1.68 bits per heavy atom. The van der Waals surface area contributed by atoms with Crippen molar-refractivity contribution in [3.8, 4) is 0 Å². The average Bonchev–Trinajstić information content (AvgIpc) is 2.64. The first-order chi connectivity index (χ1) is 9.09. The van der Waals surface area contributed by atoms with E-state index in [1.165, 1.54) is 4.90 Å². The van der Waals surface area contributed by atoms with Crippen molar-refractivity contribution in [2.45, 2.75) is 18.9 Å². The number of carbonyl (C=O) groups is 2. The molecule has 6 heteroatoms. The maximum Gasteiger partial charge on any atom is 0.262 e. The molecule has 1 atom stereocenters. The van der Waals surface area contributed by atoms with Crippen LogP contribution in [0.15, 0.2) is 24.3 Å². The van der Waals surface area contributed by atoms with E-state index in [4.69, 9.17) is 24.4 Å². The minimum Gasteiger partial charge on any atom is -0.343 e. The van der Waals surface area contributed by atoms with E-state index in [0.717, 1.165) is 0 Å². The number of rotatable bonds is 1. The summed E-state index contributed by atoms with van der Waals surface area (Å²) < 4.78 is 0. The highest BCUT2D eigenvalue weighted by molar-refractivity contribution is 7.82. The summed E-state index contributed by atoms with van der Waals surface area (Å²) >= 11 is 10.3. The molecule has 0 saturated carbocycles. The summed E-state index contributed by atoms with van der Waals surface area (Å²) in [6.07, 6.45) is 1.23. The van der Waals surface area contributed by atoms with Crippen molar-refractivity contribution in [2.24, 2.45) is 0 Å². The van der Waals surface area contributed by atoms with Gasteiger partial charge >= 0.3 is 0 Å². The Balaban J connectivity index is 1.96. The molecule has 0 radical (unpaired) electrons. The molecule has 4 nitrogen and oxygen atoms in total. The minimum absolute atomic E-state index is 0.275. The number of benzene rings is 1. The summed E-state index contributed by atoms with van der Waals surface area (Å²) in [5.74, 6) is -0.551. The van der Waals surface area contributed by atoms with Gasteiger partial charge in [0.15, 0.2) is 0 Å². The van der Waals surface area contributed by atoms with Crippen LogP contribution in [0.25, 0.3) is 0 Å². The third-order valence-electron chi connectivity index (χ3n) is 3.35. The van der Waals surface area contributed by atoms with Gasteiger partial charge in [0.25, 0.3) is 11.8 Å². The van der Waals surface area contributed by atoms with Crippen LogP contribution < -0.4 is 5.32 Å². The van der Waals surface area contributed by atoms with Gasteiger partial charge in [-0.15, -0.1) is 0 Å². The van der Waals surface area contributed by atoms with Crippen LogP contribution in [0.1, 0.15) is 33.6 Å². The summed E-state index contributed by atoms with van der Waals surface area (Å²) in [4.78, 5) is 27.0. The van der Waals surface area contributed by atoms with Crippen LogP contribution in [-0.2, 0) is 0 Å². The van der Waals surface area contributed by atoms with Crippen LogP contribution in [0.3, 0.4) is 0 Å². The van der Waals surface area contributed by atoms with E-state index in [1.54, 1.807) is 24.3 Å². The number of hydrogen-bond acceptors (Lipinski definition) is 4. The second-order valence-electron chi connectivity index (χ2n) is 4.49. The molecule has 1 aromatic carbocycles. The van der Waals surface area contributed by atoms with Gasteiger partial charge in [0.05, 0.1) is 22.2 Å². The number of thiocarbonyl (C=S) groups is 2. The zero-order chi connectivity index (χ0) is 13.6. The van der Waals surface area contributed by atoms with Gasteiger partial charge in [-0.3, -0.25) is 14.5 Å². The topological polar surface area (TPSA) is 49.4 Å². The smallest absolute Gasteiger partial charge is 0.262 e. The zero-order valence-corrected chi connectivity index (χ0v) is 11.5. The van der Waals surface area contributed by atoms with Crippen LogP contribution in [0, 0.1) is 0 Å². The predicted octanol–water partition coefficient (Wildman–Crippen LogP) is 1.69. The first-order valence-corrected chi connectivity index (χ1v) is 6.72. The highest BCUT2D eigenvalue weighted by Gasteiger charge is 2.42. The normalized spacial score (nSPS) is 22.5. The molecule has 0 bridgehead atoms. The number of piperidine rings is 1. The van der Waals surface area contributed by atoms with E-state index >= 15 is 0 Å². The van der Waals surface area contributed by atoms with Crippen molar-refractivity contribution in [3.05, 3.63) is 35.4 Å². The lowest BCUT2D eigenvalue weighted by atomic mass is 10.1. The summed E-state index contributed by atoms with van der Waals surface area (Å²) in [7, 11) is 0. The molecule has 2 heterocycles. The maximum absolute atomic E-state index is 12.3. The van der Waals surface area contributed by atoms with Gasteiger partial charge in [-0.25, -0.2) is 0 Å². The van der Waals surface area contributed by atoms with Gasteiger partial charge in [0.2, 0.25) is 0 Å². The van der Waals surface area contributed by atoms with Crippen molar-refractivity contribution in [1.29, 1.82) is 0 Å². The monoisotopic (exact) mass is 290 g/mol. The molecule has 0 spiro atoms. The number of amides is 2. The van der Waals surface area contributed by atoms with Gasteiger partial charge in [-0.2, -0.15) is 0 Å². The van der Waals surface area contributed by atoms with Crippen LogP contribution in [-0.4, -0.2) is 32.7 Å². The molecule has 2 amide bonds. The predicted molar refractivity (Wildman–Crippen MR) is 78.3 cm³/mol. The van der Waals surface area contributed by atoms with E-state index in [2.05, 4.69) is 5.32 Å². The average molecular weight is 290 g/mol. The fraction of sp³-hybridized carbons (Fsp3) is 0.231. The lowest BCUT2D eigenvalue weighted by Gasteiger charge is -2.31. The maximum atomic E-state index is 12.3. The van der Waals surface area contributed by atoms with Crippen molar-refractivity contribution in [3.63, 3.8) is 0 Å². The molecule has 1 unspecified atom stereocenters. The van der Waals surface area contributed by atoms with E-state index in [1.807, 2.05) is 0 Å². The minimum atomic E-state index is -0.394. The summed E-state index contributed by atoms with van der Waals surface area (Å²) in [5.41, 5.74) is 0.895. The molecule has 2 aliphatic heterocycles. The third kappa shape index (κ3) is 1.87. The quantitative estimate of drug-likeness (QED) is 0.630. The largest absolute Gasteiger partial charge is 0.343 e. The first-order valence-electron chi connectivity index (χ1n) is 5.90. The van der Waals surface area contributed by atoms with Gasteiger partial charge < -0.3 is 5.32 Å². The van der Waals surface area contributed by atoms with E-state index in [9.17, 15) is 9.59 Å². The number of imide groups is 1. The van der Waals surface area contributed by atoms with Crippen LogP contribution in [0.2, 0.25) is 0 Å². The number of carbonyl (C=O) groups excluding carboxylic acids is 2. The first kappa shape index (κ1) is 12.4. The second kappa shape index (κ2) is 4.47. The van der Waals surface area contributed by atoms with Crippen molar-refractivity contribution in [1.82, 2.24) is 10.2 Å². The van der Waals surface area contributed by atoms with Gasteiger partial charge in [-0.05, 0) is 18.6 Å². The van der Waals surface area contributed by atoms with Gasteiger partial charge in [-0.1, -0.05) is 36.6 Å². The molecule has 1 aromatic rings. The van der Waals surface area contributed by atoms with E-state index < -0.39 is 6.04 Å². The highest BCUT2D eigenvalue weighted by Crippen LogP contribution is 2.27. The van der Waals surface area contributed by atoms with Crippen molar-refractivity contribution >= 4 is 46.2 Å². The number of nitrogens with one attached hydrogen (secondary N) is 1. The number of nitrogens with zero attached hydrogens (tertiary/aromatic N) is 1. The van der Waals surface area contributed by atoms with Gasteiger partial charge in [0, 0.05) is 6.42 Å². The second-order valence-corrected chi connectivity index (χ2v) is 5.43. The summed E-state index contributed by atoms with van der Waals surface area (Å²) in [5, 5.41) is 2.89. The Hall–Kier alpha value is -1.66. The number of hydrogen-bond donors (Lipinski definition) is 1. The lowest BCUT2D eigenvalue weighted by molar-refractivity contribution is 0.0620. The number of fused-ring (bicyclic) bond motifs is 1. The third-order valence-corrected chi connectivity index (χ3v) is 4.03. The Bertz CT molecular complexity index is 592. The fourth-order valence-electron chi connectivity index (χ4n) is 2.42. The molecule has 3 rings (SSSR count). The van der Waals surface area contributed by atoms with E-state index in [-0.39, 0.29) is 11.8 Å². The Morgan fingerprint density at radius 3 is 2.21 bits per heavy atom. The summed E-state index contributed by atoms with van der Waals surface area (Å²) in [6, 6.07) is 6.44. The van der Waals surface area contributed by atoms with Crippen molar-refractivity contribution < 1.29 is 9.59 Å². The molecular weight excluding hydrogens is 280 g/mol. The molecule has 2 aliphatic rings. The van der Waals surface area contributed by atoms with Gasteiger partial charge in [0.1, 0.15) is 4.99 Å². The zero-order valence-electron chi connectivity index (χ0n) is 9.88. The molecule has 0 aliphatic carbocycles. The highest BCUT2D eigenvalue weighted by atomic mass is 32.1. The Kier molecular flexibility index (Phi) is 2.91. The SMILES string of the molecule is O=C1c2ccccc2C(=O)N1C1CCC(=S)NC1=S. The van der Waals surface area contributed by atoms with Crippen molar-refractivity contribution in [2.75, 3.05) is 0 Å². The Labute approximate surface area is 120 Å². The molecule has 96 valence electrons.